The summed E-state index contributed by atoms with van der Waals surface area (Å²) in [5, 5.41) is 2.23. The van der Waals surface area contributed by atoms with E-state index in [1.165, 1.54) is 38.9 Å². The molecule has 0 fully saturated rings. The molecule has 1 spiro atoms. The van der Waals surface area contributed by atoms with Gasteiger partial charge in [0.25, 0.3) is 0 Å². The van der Waals surface area contributed by atoms with E-state index in [-0.39, 0.29) is 5.41 Å². The smallest absolute Gasteiger partial charge is 0.137 e. The number of fused-ring (bicyclic) bond motifs is 12. The van der Waals surface area contributed by atoms with Crippen LogP contribution in [0.25, 0.3) is 44.2 Å². The van der Waals surface area contributed by atoms with Gasteiger partial charge < -0.3 is 14.1 Å². The van der Waals surface area contributed by atoms with Crippen molar-refractivity contribution in [1.82, 2.24) is 0 Å². The van der Waals surface area contributed by atoms with E-state index in [4.69, 9.17) is 9.15 Å². The molecular weight excluding hydrogens is 683 g/mol. The summed E-state index contributed by atoms with van der Waals surface area (Å²) in [6.45, 7) is 6.85. The van der Waals surface area contributed by atoms with Crippen LogP contribution in [0.1, 0.15) is 48.6 Å². The minimum atomic E-state index is -0.583. The lowest BCUT2D eigenvalue weighted by Crippen LogP contribution is -2.32. The molecule has 2 aliphatic rings. The number of para-hydroxylation sites is 3. The fourth-order valence-corrected chi connectivity index (χ4v) is 9.31. The maximum atomic E-state index is 6.66. The van der Waals surface area contributed by atoms with Crippen LogP contribution < -0.4 is 9.64 Å². The summed E-state index contributed by atoms with van der Waals surface area (Å²) in [6, 6.07) is 65.8. The monoisotopic (exact) mass is 721 g/mol. The van der Waals surface area contributed by atoms with E-state index in [0.29, 0.717) is 0 Å². The van der Waals surface area contributed by atoms with Crippen molar-refractivity contribution < 1.29 is 9.15 Å². The van der Waals surface area contributed by atoms with Crippen LogP contribution in [0.3, 0.4) is 0 Å². The zero-order valence-electron chi connectivity index (χ0n) is 31.6. The van der Waals surface area contributed by atoms with Crippen LogP contribution in [0, 0.1) is 0 Å². The Bertz CT molecular complexity index is 2960. The fraction of sp³-hybridized carbons (Fsp3) is 0.0943. The van der Waals surface area contributed by atoms with E-state index in [1.807, 2.05) is 12.1 Å². The minimum Gasteiger partial charge on any atom is -0.457 e. The van der Waals surface area contributed by atoms with E-state index in [1.54, 1.807) is 0 Å². The molecule has 0 bridgehead atoms. The van der Waals surface area contributed by atoms with Gasteiger partial charge in [0.15, 0.2) is 0 Å². The average Bonchev–Trinajstić information content (AvgIpc) is 3.74. The molecule has 3 nitrogen and oxygen atoms in total. The first-order valence-electron chi connectivity index (χ1n) is 19.4. The standard InChI is InChI=1S/C53H39NO2/c1-52(2,3)35-25-30-47(42(31-35)34-15-5-4-6-16-34)54(37-27-29-41-40-18-8-12-22-48(40)55-51(41)33-37)36-26-28-39-38-17-7-9-19-43(38)53(46(39)32-36)44-20-10-13-23-49(44)56-50-24-14-11-21-45(50)53/h4-33H,1-3H3. The predicted molar refractivity (Wildman–Crippen MR) is 230 cm³/mol. The third-order valence-corrected chi connectivity index (χ3v) is 11.9. The number of hydrogen-bond acceptors (Lipinski definition) is 3. The third-order valence-electron chi connectivity index (χ3n) is 11.9. The van der Waals surface area contributed by atoms with E-state index in [0.717, 1.165) is 61.6 Å². The minimum absolute atomic E-state index is 0.0321. The molecule has 0 amide bonds. The van der Waals surface area contributed by atoms with Gasteiger partial charge >= 0.3 is 0 Å². The highest BCUT2D eigenvalue weighted by molar-refractivity contribution is 6.06. The Hall–Kier alpha value is -6.84. The maximum Gasteiger partial charge on any atom is 0.137 e. The van der Waals surface area contributed by atoms with Crippen LogP contribution in [-0.2, 0) is 10.8 Å². The molecule has 1 aliphatic heterocycles. The molecule has 9 aromatic rings. The lowest BCUT2D eigenvalue weighted by Gasteiger charge is -2.39. The number of rotatable bonds is 4. The van der Waals surface area contributed by atoms with Crippen molar-refractivity contribution in [2.45, 2.75) is 31.6 Å². The molecule has 0 radical (unpaired) electrons. The molecule has 2 heterocycles. The first kappa shape index (κ1) is 32.6. The molecule has 11 rings (SSSR count). The summed E-state index contributed by atoms with van der Waals surface area (Å²) in [4.78, 5) is 2.43. The third kappa shape index (κ3) is 4.70. The molecule has 0 saturated carbocycles. The van der Waals surface area contributed by atoms with Crippen LogP contribution in [0.4, 0.5) is 17.1 Å². The van der Waals surface area contributed by atoms with Gasteiger partial charge in [0.2, 0.25) is 0 Å². The van der Waals surface area contributed by atoms with E-state index in [9.17, 15) is 0 Å². The van der Waals surface area contributed by atoms with Crippen molar-refractivity contribution >= 4 is 39.0 Å². The van der Waals surface area contributed by atoms with Crippen molar-refractivity contribution in [3.05, 3.63) is 210 Å². The lowest BCUT2D eigenvalue weighted by molar-refractivity contribution is 0.436. The van der Waals surface area contributed by atoms with E-state index < -0.39 is 5.41 Å². The van der Waals surface area contributed by atoms with Crippen molar-refractivity contribution in [3.8, 4) is 33.8 Å². The molecule has 0 saturated heterocycles. The van der Waals surface area contributed by atoms with Crippen LogP contribution in [-0.4, -0.2) is 0 Å². The Morgan fingerprint density at radius 2 is 1.05 bits per heavy atom. The highest BCUT2D eigenvalue weighted by Gasteiger charge is 2.51. The molecule has 1 aromatic heterocycles. The fourth-order valence-electron chi connectivity index (χ4n) is 9.31. The zero-order valence-corrected chi connectivity index (χ0v) is 31.6. The summed E-state index contributed by atoms with van der Waals surface area (Å²) >= 11 is 0. The lowest BCUT2D eigenvalue weighted by atomic mass is 9.66. The molecule has 8 aromatic carbocycles. The SMILES string of the molecule is CC(C)(C)c1ccc(N(c2ccc3c(c2)C2(c4ccccc4Oc4ccccc42)c2ccccc2-3)c2ccc3c(c2)oc2ccccc23)c(-c2ccccc2)c1. The molecular formula is C53H39NO2. The van der Waals surface area contributed by atoms with Gasteiger partial charge in [0.05, 0.1) is 11.1 Å². The molecule has 1 aliphatic carbocycles. The van der Waals surface area contributed by atoms with Gasteiger partial charge in [-0.1, -0.05) is 142 Å². The predicted octanol–water partition coefficient (Wildman–Crippen LogP) is 14.5. The number of nitrogens with zero attached hydrogens (tertiary/aromatic N) is 1. The Balaban J connectivity index is 1.22. The van der Waals surface area contributed by atoms with Gasteiger partial charge in [-0.15, -0.1) is 0 Å². The largest absolute Gasteiger partial charge is 0.457 e. The van der Waals surface area contributed by atoms with Crippen LogP contribution in [0.15, 0.2) is 186 Å². The summed E-state index contributed by atoms with van der Waals surface area (Å²) < 4.78 is 13.2. The Kier molecular flexibility index (Phi) is 7.03. The molecule has 0 atom stereocenters. The molecule has 268 valence electrons. The number of benzene rings is 8. The molecule has 3 heteroatoms. The maximum absolute atomic E-state index is 6.66. The summed E-state index contributed by atoms with van der Waals surface area (Å²) in [5.41, 5.74) is 15.2. The Morgan fingerprint density at radius 3 is 1.82 bits per heavy atom. The van der Waals surface area contributed by atoms with Crippen LogP contribution in [0.2, 0.25) is 0 Å². The zero-order chi connectivity index (χ0) is 37.6. The highest BCUT2D eigenvalue weighted by atomic mass is 16.5. The summed E-state index contributed by atoms with van der Waals surface area (Å²) in [7, 11) is 0. The van der Waals surface area contributed by atoms with Crippen molar-refractivity contribution in [2.75, 3.05) is 4.90 Å². The summed E-state index contributed by atoms with van der Waals surface area (Å²) in [5.74, 6) is 1.77. The second kappa shape index (κ2) is 12.1. The molecule has 56 heavy (non-hydrogen) atoms. The normalized spacial score (nSPS) is 13.6. The molecule has 0 unspecified atom stereocenters. The van der Waals surface area contributed by atoms with Gasteiger partial charge in [-0.3, -0.25) is 0 Å². The van der Waals surface area contributed by atoms with Crippen molar-refractivity contribution in [2.24, 2.45) is 0 Å². The van der Waals surface area contributed by atoms with E-state index >= 15 is 0 Å². The quantitative estimate of drug-likeness (QED) is 0.181. The average molecular weight is 722 g/mol. The Labute approximate surface area is 327 Å². The van der Waals surface area contributed by atoms with Gasteiger partial charge in [-0.2, -0.15) is 0 Å². The van der Waals surface area contributed by atoms with Gasteiger partial charge in [0.1, 0.15) is 22.7 Å². The Morgan fingerprint density at radius 1 is 0.446 bits per heavy atom. The number of anilines is 3. The topological polar surface area (TPSA) is 25.6 Å². The number of furan rings is 1. The van der Waals surface area contributed by atoms with Crippen molar-refractivity contribution in [1.29, 1.82) is 0 Å². The number of ether oxygens (including phenoxy) is 1. The highest BCUT2D eigenvalue weighted by Crippen LogP contribution is 2.62. The molecule has 0 N–H and O–H groups in total. The van der Waals surface area contributed by atoms with Crippen LogP contribution >= 0.6 is 0 Å². The number of hydrogen-bond donors (Lipinski definition) is 0. The van der Waals surface area contributed by atoms with Gasteiger partial charge in [-0.05, 0) is 93.4 Å². The van der Waals surface area contributed by atoms with Crippen molar-refractivity contribution in [3.63, 3.8) is 0 Å². The first-order chi connectivity index (χ1) is 27.4. The van der Waals surface area contributed by atoms with Gasteiger partial charge in [0, 0.05) is 44.9 Å². The summed E-state index contributed by atoms with van der Waals surface area (Å²) in [6.07, 6.45) is 0. The second-order valence-electron chi connectivity index (χ2n) is 16.1. The van der Waals surface area contributed by atoms with Crippen LogP contribution in [0.5, 0.6) is 11.5 Å². The van der Waals surface area contributed by atoms with E-state index in [2.05, 4.69) is 196 Å². The first-order valence-corrected chi connectivity index (χ1v) is 19.4. The second-order valence-corrected chi connectivity index (χ2v) is 16.1. The van der Waals surface area contributed by atoms with Gasteiger partial charge in [-0.25, -0.2) is 0 Å².